The van der Waals surface area contributed by atoms with Crippen LogP contribution in [0, 0.1) is 5.41 Å². The number of furan rings is 1. The first kappa shape index (κ1) is 20.0. The van der Waals surface area contributed by atoms with Crippen LogP contribution in [0.15, 0.2) is 53.1 Å². The van der Waals surface area contributed by atoms with Crippen molar-refractivity contribution >= 4 is 22.6 Å². The smallest absolute Gasteiger partial charge is 0.311 e. The SMILES string of the molecule is CN1CC[C@H](Oc2ccc(C(Cc3occ4cc(C(=N)N)ccc34)C(=O)O)cc2)C1. The van der Waals surface area contributed by atoms with Gasteiger partial charge < -0.3 is 24.9 Å². The monoisotopic (exact) mass is 407 g/mol. The van der Waals surface area contributed by atoms with E-state index in [-0.39, 0.29) is 18.4 Å². The molecular weight excluding hydrogens is 382 g/mol. The van der Waals surface area contributed by atoms with Gasteiger partial charge in [-0.05, 0) is 37.2 Å². The maximum Gasteiger partial charge on any atom is 0.311 e. The highest BCUT2D eigenvalue weighted by molar-refractivity contribution is 5.99. The van der Waals surface area contributed by atoms with Crippen LogP contribution in [-0.4, -0.2) is 48.1 Å². The second-order valence-electron chi connectivity index (χ2n) is 7.83. The standard InChI is InChI=1S/C23H25N3O4/c1-26-9-8-18(12-26)30-17-5-2-14(3-6-17)20(23(27)28)11-21-19-7-4-15(22(24)25)10-16(19)13-29-21/h2-7,10,13,18,20H,8-9,11-12H2,1H3,(H3,24,25)(H,27,28)/t18-,20?/m0/s1. The Kier molecular flexibility index (Phi) is 5.46. The molecule has 0 bridgehead atoms. The number of rotatable bonds is 7. The number of nitrogens with two attached hydrogens (primary N) is 1. The fourth-order valence-corrected chi connectivity index (χ4v) is 3.93. The zero-order valence-corrected chi connectivity index (χ0v) is 16.8. The fraction of sp³-hybridized carbons (Fsp3) is 0.304. The second-order valence-corrected chi connectivity index (χ2v) is 7.83. The maximum absolute atomic E-state index is 12.0. The van der Waals surface area contributed by atoms with E-state index < -0.39 is 11.9 Å². The van der Waals surface area contributed by atoms with Crippen LogP contribution in [0.25, 0.3) is 10.8 Å². The first-order chi connectivity index (χ1) is 14.4. The summed E-state index contributed by atoms with van der Waals surface area (Å²) in [6, 6.07) is 12.6. The fourth-order valence-electron chi connectivity index (χ4n) is 3.93. The molecule has 2 aromatic carbocycles. The number of likely N-dealkylation sites (tertiary alicyclic amines) is 1. The van der Waals surface area contributed by atoms with E-state index in [0.29, 0.717) is 16.9 Å². The number of carbonyl (C=O) groups is 1. The Balaban J connectivity index is 1.52. The van der Waals surface area contributed by atoms with Crippen molar-refractivity contribution in [1.29, 1.82) is 5.41 Å². The zero-order valence-electron chi connectivity index (χ0n) is 16.8. The number of nitrogens with zero attached hydrogens (tertiary/aromatic N) is 1. The minimum atomic E-state index is -0.911. The van der Waals surface area contributed by atoms with Crippen LogP contribution in [0.1, 0.15) is 29.2 Å². The lowest BCUT2D eigenvalue weighted by molar-refractivity contribution is -0.138. The molecule has 156 valence electrons. The van der Waals surface area contributed by atoms with Gasteiger partial charge in [-0.2, -0.15) is 0 Å². The van der Waals surface area contributed by atoms with E-state index >= 15 is 0 Å². The maximum atomic E-state index is 12.0. The van der Waals surface area contributed by atoms with Crippen molar-refractivity contribution in [3.05, 3.63) is 65.6 Å². The number of hydrogen-bond acceptors (Lipinski definition) is 5. The lowest BCUT2D eigenvalue weighted by Crippen LogP contribution is -2.21. The van der Waals surface area contributed by atoms with Crippen LogP contribution in [0.4, 0.5) is 0 Å². The van der Waals surface area contributed by atoms with Gasteiger partial charge in [-0.15, -0.1) is 0 Å². The number of amidine groups is 1. The number of likely N-dealkylation sites (N-methyl/N-ethyl adjacent to an activating group) is 1. The van der Waals surface area contributed by atoms with Crippen molar-refractivity contribution in [2.24, 2.45) is 5.73 Å². The number of hydrogen-bond donors (Lipinski definition) is 3. The molecule has 1 aromatic heterocycles. The molecule has 1 fully saturated rings. The van der Waals surface area contributed by atoms with Gasteiger partial charge in [0.05, 0.1) is 12.2 Å². The second kappa shape index (κ2) is 8.20. The summed E-state index contributed by atoms with van der Waals surface area (Å²) < 4.78 is 11.7. The molecule has 0 spiro atoms. The van der Waals surface area contributed by atoms with Gasteiger partial charge >= 0.3 is 5.97 Å². The van der Waals surface area contributed by atoms with E-state index in [1.165, 1.54) is 0 Å². The normalized spacial score (nSPS) is 17.8. The Bertz CT molecular complexity index is 1070. The molecule has 0 radical (unpaired) electrons. The molecule has 0 aliphatic carbocycles. The van der Waals surface area contributed by atoms with Crippen molar-refractivity contribution in [1.82, 2.24) is 4.90 Å². The highest BCUT2D eigenvalue weighted by atomic mass is 16.5. The van der Waals surface area contributed by atoms with Crippen LogP contribution >= 0.6 is 0 Å². The third-order valence-corrected chi connectivity index (χ3v) is 5.61. The number of benzene rings is 2. The number of fused-ring (bicyclic) bond motifs is 1. The van der Waals surface area contributed by atoms with E-state index in [4.69, 9.17) is 20.3 Å². The first-order valence-corrected chi connectivity index (χ1v) is 9.93. The number of nitrogens with one attached hydrogen (secondary N) is 1. The largest absolute Gasteiger partial charge is 0.489 e. The van der Waals surface area contributed by atoms with Crippen molar-refractivity contribution in [2.75, 3.05) is 20.1 Å². The van der Waals surface area contributed by atoms with E-state index in [1.54, 1.807) is 18.4 Å². The van der Waals surface area contributed by atoms with Crippen molar-refractivity contribution in [2.45, 2.75) is 24.9 Å². The van der Waals surface area contributed by atoms with Gasteiger partial charge in [0.2, 0.25) is 0 Å². The Hall–Kier alpha value is -3.32. The molecule has 30 heavy (non-hydrogen) atoms. The summed E-state index contributed by atoms with van der Waals surface area (Å²) in [7, 11) is 2.07. The first-order valence-electron chi connectivity index (χ1n) is 9.93. The molecule has 1 saturated heterocycles. The minimum Gasteiger partial charge on any atom is -0.489 e. The zero-order chi connectivity index (χ0) is 21.3. The lowest BCUT2D eigenvalue weighted by Gasteiger charge is -2.16. The third kappa shape index (κ3) is 4.16. The summed E-state index contributed by atoms with van der Waals surface area (Å²) >= 11 is 0. The molecule has 0 amide bonds. The van der Waals surface area contributed by atoms with Gasteiger partial charge in [0.1, 0.15) is 23.4 Å². The number of nitrogen functional groups attached to an aromatic ring is 1. The van der Waals surface area contributed by atoms with Crippen LogP contribution in [-0.2, 0) is 11.2 Å². The number of carboxylic acid groups (broad SMARTS) is 1. The van der Waals surface area contributed by atoms with Crippen molar-refractivity contribution in [3.63, 3.8) is 0 Å². The molecule has 1 aliphatic heterocycles. The summed E-state index contributed by atoms with van der Waals surface area (Å²) in [5, 5.41) is 19.0. The minimum absolute atomic E-state index is 0.0189. The van der Waals surface area contributed by atoms with Gasteiger partial charge in [-0.25, -0.2) is 0 Å². The van der Waals surface area contributed by atoms with E-state index in [1.807, 2.05) is 30.3 Å². The molecule has 4 N–H and O–H groups in total. The average Bonchev–Trinajstić information content (AvgIpc) is 3.32. The molecule has 4 rings (SSSR count). The van der Waals surface area contributed by atoms with Gasteiger partial charge in [0, 0.05) is 35.8 Å². The summed E-state index contributed by atoms with van der Waals surface area (Å²) in [5.74, 6) is -0.315. The number of ether oxygens (including phenoxy) is 1. The lowest BCUT2D eigenvalue weighted by atomic mass is 9.93. The number of carboxylic acids is 1. The Labute approximate surface area is 174 Å². The highest BCUT2D eigenvalue weighted by Gasteiger charge is 2.24. The van der Waals surface area contributed by atoms with Crippen LogP contribution in [0.2, 0.25) is 0 Å². The van der Waals surface area contributed by atoms with Gasteiger partial charge in [0.25, 0.3) is 0 Å². The van der Waals surface area contributed by atoms with Gasteiger partial charge in [-0.1, -0.05) is 24.3 Å². The Morgan fingerprint density at radius 3 is 2.73 bits per heavy atom. The predicted molar refractivity (Wildman–Crippen MR) is 114 cm³/mol. The number of aliphatic carboxylic acids is 1. The summed E-state index contributed by atoms with van der Waals surface area (Å²) in [6.45, 7) is 1.92. The molecule has 3 aromatic rings. The Morgan fingerprint density at radius 2 is 2.10 bits per heavy atom. The molecule has 1 unspecified atom stereocenters. The van der Waals surface area contributed by atoms with Crippen LogP contribution in [0.3, 0.4) is 0 Å². The molecule has 7 nitrogen and oxygen atoms in total. The highest BCUT2D eigenvalue weighted by Crippen LogP contribution is 2.30. The van der Waals surface area contributed by atoms with Crippen molar-refractivity contribution < 1.29 is 19.1 Å². The average molecular weight is 407 g/mol. The molecule has 2 atom stereocenters. The van der Waals surface area contributed by atoms with E-state index in [9.17, 15) is 9.90 Å². The third-order valence-electron chi connectivity index (χ3n) is 5.61. The summed E-state index contributed by atoms with van der Waals surface area (Å²) in [4.78, 5) is 14.2. The predicted octanol–water partition coefficient (Wildman–Crippen LogP) is 3.21. The van der Waals surface area contributed by atoms with E-state index in [2.05, 4.69) is 11.9 Å². The topological polar surface area (TPSA) is 113 Å². The van der Waals surface area contributed by atoms with Crippen molar-refractivity contribution in [3.8, 4) is 5.75 Å². The van der Waals surface area contributed by atoms with Crippen LogP contribution in [0.5, 0.6) is 5.75 Å². The molecule has 2 heterocycles. The summed E-state index contributed by atoms with van der Waals surface area (Å²) in [5.41, 5.74) is 6.84. The quantitative estimate of drug-likeness (QED) is 0.409. The van der Waals surface area contributed by atoms with Gasteiger partial charge in [0.15, 0.2) is 0 Å². The molecule has 1 aliphatic rings. The molecule has 0 saturated carbocycles. The molecule has 7 heteroatoms. The van der Waals surface area contributed by atoms with E-state index in [0.717, 1.165) is 36.0 Å². The van der Waals surface area contributed by atoms with Gasteiger partial charge in [-0.3, -0.25) is 10.2 Å². The van der Waals surface area contributed by atoms with Crippen LogP contribution < -0.4 is 10.5 Å². The summed E-state index contributed by atoms with van der Waals surface area (Å²) in [6.07, 6.45) is 2.97. The Morgan fingerprint density at radius 1 is 1.33 bits per heavy atom. The molecular formula is C23H25N3O4.